The van der Waals surface area contributed by atoms with Crippen molar-refractivity contribution in [2.75, 3.05) is 18.9 Å². The number of anilines is 1. The zero-order valence-corrected chi connectivity index (χ0v) is 12.2. The van der Waals surface area contributed by atoms with Gasteiger partial charge in [-0.15, -0.1) is 0 Å². The molecule has 1 saturated heterocycles. The highest BCUT2D eigenvalue weighted by Crippen LogP contribution is 2.22. The zero-order valence-electron chi connectivity index (χ0n) is 12.2. The van der Waals surface area contributed by atoms with Gasteiger partial charge in [0.15, 0.2) is 0 Å². The highest BCUT2D eigenvalue weighted by atomic mass is 16.5. The molecule has 1 aromatic carbocycles. The minimum atomic E-state index is -0.0879. The van der Waals surface area contributed by atoms with E-state index in [0.717, 1.165) is 10.8 Å². The predicted octanol–water partition coefficient (Wildman–Crippen LogP) is 2.07. The number of morpholine rings is 1. The first-order valence-corrected chi connectivity index (χ1v) is 7.14. The standard InChI is InChI=1S/C16H19N3O2/c1-10-9-21-11(2)8-19(10)16(20)14-7-12-5-3-4-6-13(12)15(17)18-14/h3-7,10-11H,8-9H2,1-2H3,(H2,17,18). The fourth-order valence-corrected chi connectivity index (χ4v) is 2.67. The summed E-state index contributed by atoms with van der Waals surface area (Å²) in [7, 11) is 0. The normalized spacial score (nSPS) is 22.5. The van der Waals surface area contributed by atoms with Crippen LogP contribution in [0.2, 0.25) is 0 Å². The molecule has 0 spiro atoms. The Kier molecular flexibility index (Phi) is 3.51. The van der Waals surface area contributed by atoms with Crippen LogP contribution in [0.5, 0.6) is 0 Å². The van der Waals surface area contributed by atoms with Gasteiger partial charge in [0.25, 0.3) is 5.91 Å². The summed E-state index contributed by atoms with van der Waals surface area (Å²) in [5.74, 6) is 0.306. The van der Waals surface area contributed by atoms with Gasteiger partial charge >= 0.3 is 0 Å². The molecule has 110 valence electrons. The number of ether oxygens (including phenoxy) is 1. The van der Waals surface area contributed by atoms with Gasteiger partial charge in [-0.1, -0.05) is 24.3 Å². The van der Waals surface area contributed by atoms with E-state index in [1.807, 2.05) is 43.0 Å². The number of carbonyl (C=O) groups is 1. The molecule has 1 amide bonds. The Balaban J connectivity index is 1.97. The monoisotopic (exact) mass is 285 g/mol. The number of fused-ring (bicyclic) bond motifs is 1. The molecule has 1 fully saturated rings. The summed E-state index contributed by atoms with van der Waals surface area (Å²) in [5, 5.41) is 1.81. The first kappa shape index (κ1) is 13.8. The largest absolute Gasteiger partial charge is 0.383 e. The maximum Gasteiger partial charge on any atom is 0.272 e. The predicted molar refractivity (Wildman–Crippen MR) is 82.1 cm³/mol. The lowest BCUT2D eigenvalue weighted by Gasteiger charge is -2.36. The van der Waals surface area contributed by atoms with Gasteiger partial charge in [0.2, 0.25) is 0 Å². The number of nitrogens with zero attached hydrogens (tertiary/aromatic N) is 2. The summed E-state index contributed by atoms with van der Waals surface area (Å²) in [6, 6.07) is 9.54. The van der Waals surface area contributed by atoms with Gasteiger partial charge in [0.1, 0.15) is 11.5 Å². The van der Waals surface area contributed by atoms with E-state index in [1.165, 1.54) is 0 Å². The van der Waals surface area contributed by atoms with Crippen LogP contribution in [0.4, 0.5) is 5.82 Å². The highest BCUT2D eigenvalue weighted by molar-refractivity contribution is 6.00. The lowest BCUT2D eigenvalue weighted by molar-refractivity contribution is -0.0388. The second-order valence-electron chi connectivity index (χ2n) is 5.56. The molecule has 1 aromatic heterocycles. The average Bonchev–Trinajstić information content (AvgIpc) is 2.49. The van der Waals surface area contributed by atoms with E-state index in [-0.39, 0.29) is 18.1 Å². The number of amides is 1. The molecule has 5 nitrogen and oxygen atoms in total. The van der Waals surface area contributed by atoms with Gasteiger partial charge < -0.3 is 15.4 Å². The third-order valence-corrected chi connectivity index (χ3v) is 3.86. The molecule has 1 aliphatic rings. The molecule has 2 atom stereocenters. The fourth-order valence-electron chi connectivity index (χ4n) is 2.67. The number of rotatable bonds is 1. The number of carbonyl (C=O) groups excluding carboxylic acids is 1. The number of nitrogens with two attached hydrogens (primary N) is 1. The second kappa shape index (κ2) is 5.33. The van der Waals surface area contributed by atoms with Crippen molar-refractivity contribution in [2.24, 2.45) is 0 Å². The van der Waals surface area contributed by atoms with Crippen molar-refractivity contribution in [3.8, 4) is 0 Å². The van der Waals surface area contributed by atoms with Crippen LogP contribution in [-0.2, 0) is 4.74 Å². The second-order valence-corrected chi connectivity index (χ2v) is 5.56. The van der Waals surface area contributed by atoms with E-state index >= 15 is 0 Å². The molecule has 0 radical (unpaired) electrons. The first-order chi connectivity index (χ1) is 10.1. The Morgan fingerprint density at radius 3 is 2.95 bits per heavy atom. The fraction of sp³-hybridized carbons (Fsp3) is 0.375. The van der Waals surface area contributed by atoms with Crippen LogP contribution < -0.4 is 5.73 Å². The Labute approximate surface area is 123 Å². The zero-order chi connectivity index (χ0) is 15.0. The van der Waals surface area contributed by atoms with Gasteiger partial charge in [-0.05, 0) is 25.3 Å². The Bertz CT molecular complexity index is 686. The van der Waals surface area contributed by atoms with E-state index in [9.17, 15) is 4.79 Å². The van der Waals surface area contributed by atoms with E-state index in [4.69, 9.17) is 10.5 Å². The molecule has 2 unspecified atom stereocenters. The molecule has 0 bridgehead atoms. The number of hydrogen-bond donors (Lipinski definition) is 1. The van der Waals surface area contributed by atoms with Crippen molar-refractivity contribution >= 4 is 22.5 Å². The molecule has 2 aromatic rings. The molecular formula is C16H19N3O2. The van der Waals surface area contributed by atoms with Crippen LogP contribution in [0.1, 0.15) is 24.3 Å². The average molecular weight is 285 g/mol. The number of nitrogen functional groups attached to an aromatic ring is 1. The summed E-state index contributed by atoms with van der Waals surface area (Å²) in [5.41, 5.74) is 6.38. The Morgan fingerprint density at radius 1 is 1.38 bits per heavy atom. The van der Waals surface area contributed by atoms with Crippen LogP contribution in [0.3, 0.4) is 0 Å². The van der Waals surface area contributed by atoms with E-state index in [2.05, 4.69) is 4.98 Å². The maximum absolute atomic E-state index is 12.7. The van der Waals surface area contributed by atoms with Gasteiger partial charge in [-0.2, -0.15) is 0 Å². The van der Waals surface area contributed by atoms with Crippen molar-refractivity contribution in [1.29, 1.82) is 0 Å². The van der Waals surface area contributed by atoms with Crippen LogP contribution >= 0.6 is 0 Å². The van der Waals surface area contributed by atoms with Crippen LogP contribution in [-0.4, -0.2) is 41.1 Å². The molecule has 2 N–H and O–H groups in total. The molecule has 1 aliphatic heterocycles. The van der Waals surface area contributed by atoms with Crippen LogP contribution in [0.15, 0.2) is 30.3 Å². The summed E-state index contributed by atoms with van der Waals surface area (Å²) in [4.78, 5) is 18.8. The molecule has 2 heterocycles. The quantitative estimate of drug-likeness (QED) is 0.871. The van der Waals surface area contributed by atoms with Crippen molar-refractivity contribution in [3.05, 3.63) is 36.0 Å². The van der Waals surface area contributed by atoms with Crippen LogP contribution in [0.25, 0.3) is 10.8 Å². The minimum Gasteiger partial charge on any atom is -0.383 e. The maximum atomic E-state index is 12.7. The van der Waals surface area contributed by atoms with Crippen molar-refractivity contribution in [2.45, 2.75) is 26.0 Å². The van der Waals surface area contributed by atoms with Gasteiger partial charge in [0.05, 0.1) is 18.8 Å². The Hall–Kier alpha value is -2.14. The molecule has 21 heavy (non-hydrogen) atoms. The third-order valence-electron chi connectivity index (χ3n) is 3.86. The van der Waals surface area contributed by atoms with Crippen molar-refractivity contribution < 1.29 is 9.53 Å². The lowest BCUT2D eigenvalue weighted by atomic mass is 10.1. The van der Waals surface area contributed by atoms with Crippen LogP contribution in [0, 0.1) is 0 Å². The Morgan fingerprint density at radius 2 is 2.14 bits per heavy atom. The highest BCUT2D eigenvalue weighted by Gasteiger charge is 2.29. The van der Waals surface area contributed by atoms with E-state index in [1.54, 1.807) is 6.07 Å². The lowest BCUT2D eigenvalue weighted by Crippen LogP contribution is -2.50. The molecule has 5 heteroatoms. The van der Waals surface area contributed by atoms with E-state index < -0.39 is 0 Å². The van der Waals surface area contributed by atoms with Gasteiger partial charge in [-0.3, -0.25) is 4.79 Å². The van der Waals surface area contributed by atoms with Crippen molar-refractivity contribution in [1.82, 2.24) is 9.88 Å². The SMILES string of the molecule is CC1CN(C(=O)c2cc3ccccc3c(N)n2)C(C)CO1. The number of pyridine rings is 1. The molecule has 0 aliphatic carbocycles. The molecule has 0 saturated carbocycles. The van der Waals surface area contributed by atoms with Gasteiger partial charge in [-0.25, -0.2) is 4.98 Å². The summed E-state index contributed by atoms with van der Waals surface area (Å²) in [6.45, 7) is 5.08. The summed E-state index contributed by atoms with van der Waals surface area (Å²) >= 11 is 0. The summed E-state index contributed by atoms with van der Waals surface area (Å²) < 4.78 is 5.56. The van der Waals surface area contributed by atoms with Gasteiger partial charge in [0, 0.05) is 11.9 Å². The first-order valence-electron chi connectivity index (χ1n) is 7.14. The molecular weight excluding hydrogens is 266 g/mol. The van der Waals surface area contributed by atoms with Crippen molar-refractivity contribution in [3.63, 3.8) is 0 Å². The minimum absolute atomic E-state index is 0.0444. The third kappa shape index (κ3) is 2.56. The van der Waals surface area contributed by atoms with E-state index in [0.29, 0.717) is 24.7 Å². The number of aromatic nitrogens is 1. The smallest absolute Gasteiger partial charge is 0.272 e. The molecule has 3 rings (SSSR count). The topological polar surface area (TPSA) is 68.5 Å². The summed E-state index contributed by atoms with van der Waals surface area (Å²) in [6.07, 6.45) is 0.0444. The number of hydrogen-bond acceptors (Lipinski definition) is 4. The number of benzene rings is 1.